The Morgan fingerprint density at radius 1 is 0.771 bits per heavy atom. The summed E-state index contributed by atoms with van der Waals surface area (Å²) in [4.78, 5) is 30.1. The number of carbonyl (C=O) groups is 2. The number of carbonyl (C=O) groups excluding carboxylic acids is 2. The standard InChI is InChI=1S/C37H43N3O7S/c1-6-27(2)38-37(42)34(24-28-13-8-7-9-14-28)39(25-29-15-12-16-31(23-29)46-4)36(41)26-40(33-17-10-11-18-35(33)47-5)48(43,44)32-21-19-30(45-3)20-22-32/h7-23,27,34H,6,24-26H2,1-5H3,(H,38,42). The molecule has 4 rings (SSSR count). The van der Waals surface area contributed by atoms with E-state index in [1.54, 1.807) is 61.7 Å². The first-order chi connectivity index (χ1) is 23.1. The third kappa shape index (κ3) is 8.86. The van der Waals surface area contributed by atoms with Gasteiger partial charge in [0.05, 0.1) is 31.9 Å². The summed E-state index contributed by atoms with van der Waals surface area (Å²) < 4.78 is 45.9. The number of benzene rings is 4. The molecule has 0 aliphatic heterocycles. The lowest BCUT2D eigenvalue weighted by molar-refractivity contribution is -0.140. The van der Waals surface area contributed by atoms with E-state index in [4.69, 9.17) is 14.2 Å². The summed E-state index contributed by atoms with van der Waals surface area (Å²) in [6.07, 6.45) is 0.897. The maximum atomic E-state index is 14.7. The molecule has 48 heavy (non-hydrogen) atoms. The molecule has 0 aliphatic rings. The Morgan fingerprint density at radius 3 is 2.06 bits per heavy atom. The number of nitrogens with one attached hydrogen (secondary N) is 1. The van der Waals surface area contributed by atoms with Crippen molar-refractivity contribution in [3.8, 4) is 17.2 Å². The van der Waals surface area contributed by atoms with Crippen LogP contribution in [0.15, 0.2) is 108 Å². The van der Waals surface area contributed by atoms with Crippen molar-refractivity contribution < 1.29 is 32.2 Å². The fraction of sp³-hybridized carbons (Fsp3) is 0.297. The van der Waals surface area contributed by atoms with Crippen LogP contribution in [0.25, 0.3) is 0 Å². The second kappa shape index (κ2) is 16.7. The fourth-order valence-corrected chi connectivity index (χ4v) is 6.61. The zero-order valence-electron chi connectivity index (χ0n) is 28.0. The minimum atomic E-state index is -4.32. The highest BCUT2D eigenvalue weighted by molar-refractivity contribution is 7.92. The molecule has 0 heterocycles. The SMILES string of the molecule is CCC(C)NC(=O)C(Cc1ccccc1)N(Cc1cccc(OC)c1)C(=O)CN(c1ccccc1OC)S(=O)(=O)c1ccc(OC)cc1. The molecule has 0 aliphatic carbocycles. The fourth-order valence-electron chi connectivity index (χ4n) is 5.19. The lowest BCUT2D eigenvalue weighted by Crippen LogP contribution is -2.54. The summed E-state index contributed by atoms with van der Waals surface area (Å²) in [6.45, 7) is 3.27. The molecule has 254 valence electrons. The van der Waals surface area contributed by atoms with E-state index in [1.807, 2.05) is 50.2 Å². The van der Waals surface area contributed by atoms with E-state index >= 15 is 0 Å². The van der Waals surface area contributed by atoms with Gasteiger partial charge in [-0.05, 0) is 73.0 Å². The van der Waals surface area contributed by atoms with Crippen molar-refractivity contribution in [3.05, 3.63) is 114 Å². The number of hydrogen-bond donors (Lipinski definition) is 1. The van der Waals surface area contributed by atoms with Gasteiger partial charge < -0.3 is 24.4 Å². The van der Waals surface area contributed by atoms with Crippen molar-refractivity contribution >= 4 is 27.5 Å². The molecule has 0 saturated carbocycles. The maximum Gasteiger partial charge on any atom is 0.264 e. The van der Waals surface area contributed by atoms with E-state index in [0.717, 1.165) is 9.87 Å². The lowest BCUT2D eigenvalue weighted by Gasteiger charge is -2.34. The third-order valence-corrected chi connectivity index (χ3v) is 9.81. The Kier molecular flexibility index (Phi) is 12.5. The van der Waals surface area contributed by atoms with Gasteiger partial charge in [0.25, 0.3) is 10.0 Å². The molecular formula is C37H43N3O7S. The van der Waals surface area contributed by atoms with Gasteiger partial charge in [-0.2, -0.15) is 0 Å². The number of para-hydroxylation sites is 2. The van der Waals surface area contributed by atoms with Crippen LogP contribution in [0.2, 0.25) is 0 Å². The number of anilines is 1. The van der Waals surface area contributed by atoms with Crippen LogP contribution in [0.5, 0.6) is 17.2 Å². The lowest BCUT2D eigenvalue weighted by atomic mass is 10.0. The van der Waals surface area contributed by atoms with Crippen LogP contribution >= 0.6 is 0 Å². The van der Waals surface area contributed by atoms with Gasteiger partial charge in [-0.3, -0.25) is 13.9 Å². The molecule has 0 fully saturated rings. The van der Waals surface area contributed by atoms with Crippen LogP contribution in [0, 0.1) is 0 Å². The zero-order valence-corrected chi connectivity index (χ0v) is 28.8. The number of nitrogens with zero attached hydrogens (tertiary/aromatic N) is 2. The molecule has 2 unspecified atom stereocenters. The van der Waals surface area contributed by atoms with Crippen molar-refractivity contribution in [2.75, 3.05) is 32.2 Å². The van der Waals surface area contributed by atoms with Gasteiger partial charge in [0, 0.05) is 19.0 Å². The Morgan fingerprint density at radius 2 is 1.42 bits per heavy atom. The van der Waals surface area contributed by atoms with Crippen LogP contribution in [0.1, 0.15) is 31.4 Å². The first-order valence-corrected chi connectivity index (χ1v) is 17.1. The molecule has 4 aromatic carbocycles. The molecule has 4 aromatic rings. The smallest absolute Gasteiger partial charge is 0.264 e. The van der Waals surface area contributed by atoms with Crippen molar-refractivity contribution in [2.45, 2.75) is 50.2 Å². The summed E-state index contributed by atoms with van der Waals surface area (Å²) >= 11 is 0. The summed E-state index contributed by atoms with van der Waals surface area (Å²) in [5, 5.41) is 3.04. The van der Waals surface area contributed by atoms with Crippen molar-refractivity contribution in [1.82, 2.24) is 10.2 Å². The van der Waals surface area contributed by atoms with Crippen LogP contribution in [0.4, 0.5) is 5.69 Å². The number of amides is 2. The summed E-state index contributed by atoms with van der Waals surface area (Å²) in [5.74, 6) is 0.403. The average molecular weight is 674 g/mol. The van der Waals surface area contributed by atoms with Gasteiger partial charge in [-0.1, -0.05) is 61.5 Å². The second-order valence-electron chi connectivity index (χ2n) is 11.3. The molecule has 0 radical (unpaired) electrons. The quantitative estimate of drug-likeness (QED) is 0.168. The monoisotopic (exact) mass is 673 g/mol. The third-order valence-electron chi connectivity index (χ3n) is 8.04. The van der Waals surface area contributed by atoms with Gasteiger partial charge in [0.15, 0.2) is 0 Å². The van der Waals surface area contributed by atoms with Crippen molar-refractivity contribution in [3.63, 3.8) is 0 Å². The molecule has 0 aromatic heterocycles. The largest absolute Gasteiger partial charge is 0.497 e. The Labute approximate surface area is 283 Å². The molecule has 2 amide bonds. The number of ether oxygens (including phenoxy) is 3. The summed E-state index contributed by atoms with van der Waals surface area (Å²) in [7, 11) is 0.152. The predicted molar refractivity (Wildman–Crippen MR) is 186 cm³/mol. The predicted octanol–water partition coefficient (Wildman–Crippen LogP) is 5.46. The van der Waals surface area contributed by atoms with Crippen LogP contribution in [-0.4, -0.2) is 65.1 Å². The van der Waals surface area contributed by atoms with Crippen molar-refractivity contribution in [1.29, 1.82) is 0 Å². The summed E-state index contributed by atoms with van der Waals surface area (Å²) in [5.41, 5.74) is 1.73. The van der Waals surface area contributed by atoms with Crippen LogP contribution in [-0.2, 0) is 32.6 Å². The topological polar surface area (TPSA) is 114 Å². The molecule has 1 N–H and O–H groups in total. The molecular weight excluding hydrogens is 630 g/mol. The average Bonchev–Trinajstić information content (AvgIpc) is 3.12. The first-order valence-electron chi connectivity index (χ1n) is 15.7. The van der Waals surface area contributed by atoms with E-state index in [9.17, 15) is 18.0 Å². The zero-order chi connectivity index (χ0) is 34.7. The van der Waals surface area contributed by atoms with E-state index < -0.39 is 28.5 Å². The Hall–Kier alpha value is -5.03. The van der Waals surface area contributed by atoms with Crippen LogP contribution < -0.4 is 23.8 Å². The number of methoxy groups -OCH3 is 3. The molecule has 0 spiro atoms. The van der Waals surface area contributed by atoms with Gasteiger partial charge >= 0.3 is 0 Å². The minimum Gasteiger partial charge on any atom is -0.497 e. The number of hydrogen-bond acceptors (Lipinski definition) is 7. The van der Waals surface area contributed by atoms with E-state index in [-0.39, 0.29) is 41.2 Å². The number of rotatable bonds is 16. The van der Waals surface area contributed by atoms with Crippen molar-refractivity contribution in [2.24, 2.45) is 0 Å². The highest BCUT2D eigenvalue weighted by atomic mass is 32.2. The number of sulfonamides is 1. The summed E-state index contributed by atoms with van der Waals surface area (Å²) in [6, 6.07) is 28.0. The van der Waals surface area contributed by atoms with E-state index in [2.05, 4.69) is 5.32 Å². The van der Waals surface area contributed by atoms with Gasteiger partial charge in [0.2, 0.25) is 11.8 Å². The van der Waals surface area contributed by atoms with E-state index in [0.29, 0.717) is 23.5 Å². The van der Waals surface area contributed by atoms with E-state index in [1.165, 1.54) is 31.3 Å². The maximum absolute atomic E-state index is 14.7. The van der Waals surface area contributed by atoms with Gasteiger partial charge in [-0.25, -0.2) is 8.42 Å². The highest BCUT2D eigenvalue weighted by Gasteiger charge is 2.36. The molecule has 2 atom stereocenters. The van der Waals surface area contributed by atoms with Crippen LogP contribution in [0.3, 0.4) is 0 Å². The molecule has 11 heteroatoms. The second-order valence-corrected chi connectivity index (χ2v) is 13.1. The van der Waals surface area contributed by atoms with Gasteiger partial charge in [-0.15, -0.1) is 0 Å². The minimum absolute atomic E-state index is 0.0177. The highest BCUT2D eigenvalue weighted by Crippen LogP contribution is 2.33. The molecule has 10 nitrogen and oxygen atoms in total. The Bertz CT molecular complexity index is 1770. The first kappa shape index (κ1) is 35.8. The van der Waals surface area contributed by atoms with Gasteiger partial charge in [0.1, 0.15) is 29.8 Å². The molecule has 0 saturated heterocycles. The molecule has 0 bridgehead atoms. The Balaban J connectivity index is 1.84. The normalized spacial score (nSPS) is 12.4.